The summed E-state index contributed by atoms with van der Waals surface area (Å²) in [5.41, 5.74) is 9.89. The largest absolute Gasteiger partial charge is 0.325 e. The maximum atomic E-state index is 12.9. The summed E-state index contributed by atoms with van der Waals surface area (Å²) in [6, 6.07) is 7.27. The Bertz CT molecular complexity index is 817. The molecule has 1 spiro atoms. The fraction of sp³-hybridized carbons (Fsp3) is 0.619. The van der Waals surface area contributed by atoms with E-state index in [2.05, 4.69) is 47.5 Å². The summed E-state index contributed by atoms with van der Waals surface area (Å²) in [6.07, 6.45) is 6.16. The van der Waals surface area contributed by atoms with Gasteiger partial charge in [0.25, 0.3) is 0 Å². The number of fused-ring (bicyclic) bond motifs is 2. The summed E-state index contributed by atoms with van der Waals surface area (Å²) in [6.45, 7) is 4.59. The molecule has 0 radical (unpaired) electrons. The molecule has 1 aromatic rings. The molecule has 4 aliphatic rings. The maximum Gasteiger partial charge on any atom is 0.232 e. The Morgan fingerprint density at radius 3 is 3.04 bits per heavy atom. The van der Waals surface area contributed by atoms with Crippen molar-refractivity contribution in [3.63, 3.8) is 0 Å². The first-order chi connectivity index (χ1) is 13.1. The van der Waals surface area contributed by atoms with Gasteiger partial charge in [-0.2, -0.15) is 5.26 Å². The fourth-order valence-electron chi connectivity index (χ4n) is 5.90. The van der Waals surface area contributed by atoms with Gasteiger partial charge in [-0.05, 0) is 60.6 Å². The molecule has 5 atom stereocenters. The van der Waals surface area contributed by atoms with Crippen molar-refractivity contribution in [1.29, 1.82) is 5.26 Å². The highest BCUT2D eigenvalue weighted by Gasteiger charge is 2.48. The van der Waals surface area contributed by atoms with Crippen LogP contribution in [0.4, 0.5) is 5.69 Å². The number of hydrogen-bond acceptors (Lipinski definition) is 5. The third-order valence-electron chi connectivity index (χ3n) is 7.42. The van der Waals surface area contributed by atoms with Gasteiger partial charge in [-0.25, -0.2) is 0 Å². The Morgan fingerprint density at radius 1 is 1.33 bits per heavy atom. The van der Waals surface area contributed by atoms with Crippen LogP contribution in [0.25, 0.3) is 0 Å². The number of nitrogens with zero attached hydrogens (tertiary/aromatic N) is 2. The lowest BCUT2D eigenvalue weighted by Gasteiger charge is -2.39. The third kappa shape index (κ3) is 2.64. The topological polar surface area (TPSA) is 80.2 Å². The lowest BCUT2D eigenvalue weighted by Crippen LogP contribution is -2.43. The number of likely N-dealkylation sites (tertiary alicyclic amines) is 1. The quantitative estimate of drug-likeness (QED) is 0.663. The highest BCUT2D eigenvalue weighted by Crippen LogP contribution is 2.46. The second kappa shape index (κ2) is 6.22. The maximum absolute atomic E-state index is 12.9. The van der Waals surface area contributed by atoms with Crippen LogP contribution in [0, 0.1) is 28.7 Å². The molecule has 5 unspecified atom stereocenters. The molecule has 0 aromatic heterocycles. The Balaban J connectivity index is 1.44. The van der Waals surface area contributed by atoms with Crippen molar-refractivity contribution in [3.05, 3.63) is 29.3 Å². The first-order valence-electron chi connectivity index (χ1n) is 10.2. The molecular weight excluding hydrogens is 338 g/mol. The van der Waals surface area contributed by atoms with Crippen LogP contribution in [0.5, 0.6) is 0 Å². The standard InChI is InChI=1S/C21H27N5O/c1-13-2-5-17-16(10-23-25-17)19(13)14-3-4-15-9-21(6-7-26(11-21)12-22)20(27)24-18(15)8-14/h3-4,8,13,16-17,19,23,25H,2,5-7,9-11H2,1H3,(H,24,27). The smallest absolute Gasteiger partial charge is 0.232 e. The fourth-order valence-corrected chi connectivity index (χ4v) is 5.90. The van der Waals surface area contributed by atoms with Crippen molar-refractivity contribution >= 4 is 11.6 Å². The van der Waals surface area contributed by atoms with E-state index >= 15 is 0 Å². The van der Waals surface area contributed by atoms with Gasteiger partial charge in [-0.3, -0.25) is 15.6 Å². The van der Waals surface area contributed by atoms with E-state index in [0.29, 0.717) is 36.9 Å². The first kappa shape index (κ1) is 17.0. The predicted molar refractivity (Wildman–Crippen MR) is 103 cm³/mol. The van der Waals surface area contributed by atoms with Gasteiger partial charge in [0.1, 0.15) is 0 Å². The minimum atomic E-state index is -0.438. The van der Waals surface area contributed by atoms with Gasteiger partial charge in [0, 0.05) is 31.4 Å². The number of carbonyl (C=O) groups is 1. The van der Waals surface area contributed by atoms with Crippen LogP contribution in [0.15, 0.2) is 18.2 Å². The van der Waals surface area contributed by atoms with E-state index in [1.165, 1.54) is 24.0 Å². The highest BCUT2D eigenvalue weighted by molar-refractivity contribution is 5.99. The Hall–Kier alpha value is -2.10. The number of nitriles is 1. The van der Waals surface area contributed by atoms with Crippen molar-refractivity contribution in [1.82, 2.24) is 15.8 Å². The summed E-state index contributed by atoms with van der Waals surface area (Å²) >= 11 is 0. The zero-order chi connectivity index (χ0) is 18.6. The van der Waals surface area contributed by atoms with E-state index in [4.69, 9.17) is 0 Å². The molecule has 1 amide bonds. The van der Waals surface area contributed by atoms with Crippen molar-refractivity contribution < 1.29 is 4.79 Å². The summed E-state index contributed by atoms with van der Waals surface area (Å²) < 4.78 is 0. The molecule has 0 bridgehead atoms. The van der Waals surface area contributed by atoms with Crippen LogP contribution in [0.2, 0.25) is 0 Å². The molecule has 3 heterocycles. The number of anilines is 1. The number of hydrogen-bond donors (Lipinski definition) is 3. The number of hydrazine groups is 1. The number of nitrogens with one attached hydrogen (secondary N) is 3. The van der Waals surface area contributed by atoms with E-state index < -0.39 is 5.41 Å². The Labute approximate surface area is 160 Å². The van der Waals surface area contributed by atoms with E-state index in [0.717, 1.165) is 25.1 Å². The molecule has 5 rings (SSSR count). The average Bonchev–Trinajstić information content (AvgIpc) is 3.30. The van der Waals surface area contributed by atoms with Crippen LogP contribution in [0.3, 0.4) is 0 Å². The summed E-state index contributed by atoms with van der Waals surface area (Å²) in [7, 11) is 0. The molecule has 1 saturated carbocycles. The molecule has 1 aliphatic carbocycles. The molecule has 3 fully saturated rings. The summed E-state index contributed by atoms with van der Waals surface area (Å²) in [4.78, 5) is 14.6. The van der Waals surface area contributed by atoms with Crippen molar-refractivity contribution in [3.8, 4) is 6.19 Å². The van der Waals surface area contributed by atoms with Crippen LogP contribution < -0.4 is 16.2 Å². The van der Waals surface area contributed by atoms with Crippen LogP contribution in [-0.2, 0) is 11.2 Å². The van der Waals surface area contributed by atoms with Crippen molar-refractivity contribution in [2.24, 2.45) is 17.3 Å². The SMILES string of the molecule is CC1CCC2NNCC2C1c1ccc2c(c1)NC(=O)C1(CCN(C#N)C1)C2. The minimum absolute atomic E-state index is 0.0867. The molecule has 3 N–H and O–H groups in total. The van der Waals surface area contributed by atoms with Crippen LogP contribution >= 0.6 is 0 Å². The molecule has 27 heavy (non-hydrogen) atoms. The average molecular weight is 365 g/mol. The zero-order valence-corrected chi connectivity index (χ0v) is 15.8. The van der Waals surface area contributed by atoms with Gasteiger partial charge in [-0.15, -0.1) is 0 Å². The second-order valence-electron chi connectivity index (χ2n) is 8.98. The highest BCUT2D eigenvalue weighted by atomic mass is 16.2. The lowest BCUT2D eigenvalue weighted by atomic mass is 9.67. The number of carbonyl (C=O) groups excluding carboxylic acids is 1. The molecule has 3 aliphatic heterocycles. The Morgan fingerprint density at radius 2 is 2.22 bits per heavy atom. The van der Waals surface area contributed by atoms with Crippen molar-refractivity contribution in [2.75, 3.05) is 25.0 Å². The third-order valence-corrected chi connectivity index (χ3v) is 7.42. The van der Waals surface area contributed by atoms with E-state index in [1.807, 2.05) is 0 Å². The lowest BCUT2D eigenvalue weighted by molar-refractivity contribution is -0.125. The first-order valence-corrected chi connectivity index (χ1v) is 10.2. The molecule has 6 heteroatoms. The normalized spacial score (nSPS) is 37.6. The van der Waals surface area contributed by atoms with E-state index in [1.54, 1.807) is 4.90 Å². The Kier molecular flexibility index (Phi) is 3.92. The van der Waals surface area contributed by atoms with Gasteiger partial charge in [0.15, 0.2) is 6.19 Å². The number of benzene rings is 1. The van der Waals surface area contributed by atoms with Crippen LogP contribution in [-0.4, -0.2) is 36.5 Å². The van der Waals surface area contributed by atoms with Crippen LogP contribution in [0.1, 0.15) is 43.2 Å². The van der Waals surface area contributed by atoms with E-state index in [-0.39, 0.29) is 5.91 Å². The molecule has 2 saturated heterocycles. The zero-order valence-electron chi connectivity index (χ0n) is 15.8. The van der Waals surface area contributed by atoms with Crippen molar-refractivity contribution in [2.45, 2.75) is 44.6 Å². The van der Waals surface area contributed by atoms with Gasteiger partial charge in [-0.1, -0.05) is 19.1 Å². The van der Waals surface area contributed by atoms with Gasteiger partial charge < -0.3 is 10.2 Å². The van der Waals surface area contributed by atoms with E-state index in [9.17, 15) is 10.1 Å². The molecular formula is C21H27N5O. The summed E-state index contributed by atoms with van der Waals surface area (Å²) in [5.74, 6) is 1.86. The molecule has 142 valence electrons. The molecule has 6 nitrogen and oxygen atoms in total. The van der Waals surface area contributed by atoms with Gasteiger partial charge >= 0.3 is 0 Å². The monoisotopic (exact) mass is 365 g/mol. The number of rotatable bonds is 1. The van der Waals surface area contributed by atoms with Gasteiger partial charge in [0.2, 0.25) is 5.91 Å². The second-order valence-corrected chi connectivity index (χ2v) is 8.98. The minimum Gasteiger partial charge on any atom is -0.325 e. The van der Waals surface area contributed by atoms with Gasteiger partial charge in [0.05, 0.1) is 5.41 Å². The summed E-state index contributed by atoms with van der Waals surface area (Å²) in [5, 5.41) is 12.4. The molecule has 1 aromatic carbocycles. The number of amides is 1. The predicted octanol–water partition coefficient (Wildman–Crippen LogP) is 1.96.